The van der Waals surface area contributed by atoms with Crippen molar-refractivity contribution in [2.75, 3.05) is 24.7 Å². The second-order valence-corrected chi connectivity index (χ2v) is 6.31. The zero-order valence-corrected chi connectivity index (χ0v) is 10.3. The number of piperidine rings is 1. The summed E-state index contributed by atoms with van der Waals surface area (Å²) in [5, 5.41) is 13.2. The number of aliphatic hydroxyl groups is 1. The van der Waals surface area contributed by atoms with Gasteiger partial charge < -0.3 is 10.4 Å². The maximum absolute atomic E-state index is 9.60. The normalized spacial score (nSPS) is 34.2. The van der Waals surface area contributed by atoms with E-state index in [-0.39, 0.29) is 5.54 Å². The number of thioether (sulfide) groups is 1. The zero-order valence-electron chi connectivity index (χ0n) is 9.50. The Balaban J connectivity index is 1.87. The topological polar surface area (TPSA) is 32.3 Å². The van der Waals surface area contributed by atoms with Gasteiger partial charge in [0.15, 0.2) is 0 Å². The first-order valence-electron chi connectivity index (χ1n) is 6.28. The van der Waals surface area contributed by atoms with Crippen molar-refractivity contribution >= 4 is 11.8 Å². The number of aliphatic hydroxyl groups excluding tert-OH is 1. The van der Waals surface area contributed by atoms with E-state index in [1.54, 1.807) is 0 Å². The third-order valence-electron chi connectivity index (χ3n) is 3.91. The van der Waals surface area contributed by atoms with Gasteiger partial charge in [0.1, 0.15) is 0 Å². The van der Waals surface area contributed by atoms with Crippen LogP contribution in [0.1, 0.15) is 38.5 Å². The van der Waals surface area contributed by atoms with Crippen LogP contribution in [0.2, 0.25) is 0 Å². The maximum Gasteiger partial charge on any atom is 0.0613 e. The van der Waals surface area contributed by atoms with Crippen LogP contribution >= 0.6 is 11.8 Å². The fraction of sp³-hybridized carbons (Fsp3) is 1.00. The van der Waals surface area contributed by atoms with Gasteiger partial charge in [-0.25, -0.2) is 0 Å². The predicted octanol–water partition coefficient (Wildman–Crippen LogP) is 2.02. The van der Waals surface area contributed by atoms with Crippen LogP contribution in [0, 0.1) is 5.92 Å². The summed E-state index contributed by atoms with van der Waals surface area (Å²) >= 11 is 2.08. The van der Waals surface area contributed by atoms with E-state index in [1.165, 1.54) is 50.0 Å². The highest BCUT2D eigenvalue weighted by molar-refractivity contribution is 7.99. The Morgan fingerprint density at radius 1 is 1.27 bits per heavy atom. The smallest absolute Gasteiger partial charge is 0.0613 e. The van der Waals surface area contributed by atoms with Crippen molar-refractivity contribution in [1.29, 1.82) is 0 Å². The molecule has 2 fully saturated rings. The molecule has 2 heterocycles. The minimum atomic E-state index is 0.0743. The molecule has 0 aromatic rings. The van der Waals surface area contributed by atoms with Gasteiger partial charge >= 0.3 is 0 Å². The van der Waals surface area contributed by atoms with Gasteiger partial charge in [0, 0.05) is 5.54 Å². The molecule has 2 nitrogen and oxygen atoms in total. The lowest BCUT2D eigenvalue weighted by Gasteiger charge is -2.40. The van der Waals surface area contributed by atoms with Crippen LogP contribution in [0.4, 0.5) is 0 Å². The van der Waals surface area contributed by atoms with Gasteiger partial charge in [0.25, 0.3) is 0 Å². The third kappa shape index (κ3) is 3.11. The molecule has 0 saturated carbocycles. The number of hydrogen-bond donors (Lipinski definition) is 2. The Bertz CT molecular complexity index is 186. The lowest BCUT2D eigenvalue weighted by Crippen LogP contribution is -2.52. The average Bonchev–Trinajstić information content (AvgIpc) is 2.32. The van der Waals surface area contributed by atoms with Gasteiger partial charge in [0.05, 0.1) is 6.61 Å². The van der Waals surface area contributed by atoms with Crippen molar-refractivity contribution in [2.24, 2.45) is 5.92 Å². The fourth-order valence-electron chi connectivity index (χ4n) is 2.91. The summed E-state index contributed by atoms with van der Waals surface area (Å²) in [4.78, 5) is 0. The molecule has 0 spiro atoms. The second kappa shape index (κ2) is 5.55. The Morgan fingerprint density at radius 2 is 2.07 bits per heavy atom. The summed E-state index contributed by atoms with van der Waals surface area (Å²) in [5.74, 6) is 3.50. The molecule has 0 radical (unpaired) electrons. The van der Waals surface area contributed by atoms with E-state index in [2.05, 4.69) is 17.1 Å². The highest BCUT2D eigenvalue weighted by Gasteiger charge is 2.33. The van der Waals surface area contributed by atoms with Crippen LogP contribution in [0.25, 0.3) is 0 Å². The Labute approximate surface area is 97.2 Å². The van der Waals surface area contributed by atoms with E-state index in [1.807, 2.05) is 0 Å². The van der Waals surface area contributed by atoms with Gasteiger partial charge in [-0.05, 0) is 56.1 Å². The third-order valence-corrected chi connectivity index (χ3v) is 4.95. The van der Waals surface area contributed by atoms with Crippen molar-refractivity contribution in [1.82, 2.24) is 5.32 Å². The van der Waals surface area contributed by atoms with Crippen LogP contribution in [-0.4, -0.2) is 35.3 Å². The monoisotopic (exact) mass is 229 g/mol. The van der Waals surface area contributed by atoms with Crippen molar-refractivity contribution in [2.45, 2.75) is 44.1 Å². The van der Waals surface area contributed by atoms with Crippen LogP contribution in [0.5, 0.6) is 0 Å². The molecule has 0 aromatic carbocycles. The molecule has 0 bridgehead atoms. The second-order valence-electron chi connectivity index (χ2n) is 5.08. The Morgan fingerprint density at radius 3 is 2.67 bits per heavy atom. The van der Waals surface area contributed by atoms with E-state index >= 15 is 0 Å². The van der Waals surface area contributed by atoms with Crippen LogP contribution in [0.15, 0.2) is 0 Å². The first kappa shape index (κ1) is 11.7. The zero-order chi connectivity index (χ0) is 10.6. The molecule has 0 aromatic heterocycles. The van der Waals surface area contributed by atoms with Crippen LogP contribution in [-0.2, 0) is 0 Å². The predicted molar refractivity (Wildman–Crippen MR) is 66.3 cm³/mol. The van der Waals surface area contributed by atoms with E-state index in [4.69, 9.17) is 0 Å². The van der Waals surface area contributed by atoms with Crippen LogP contribution < -0.4 is 5.32 Å². The standard InChI is InChI=1S/C12H23NOS/c14-10-12(5-1-2-6-13-12)9-11-3-7-15-8-4-11/h11,13-14H,1-10H2. The summed E-state index contributed by atoms with van der Waals surface area (Å²) in [6.07, 6.45) is 7.65. The van der Waals surface area contributed by atoms with Gasteiger partial charge in [-0.1, -0.05) is 6.42 Å². The number of nitrogens with one attached hydrogen (secondary N) is 1. The van der Waals surface area contributed by atoms with Gasteiger partial charge in [-0.15, -0.1) is 0 Å². The summed E-state index contributed by atoms with van der Waals surface area (Å²) < 4.78 is 0. The average molecular weight is 229 g/mol. The molecule has 3 heteroatoms. The van der Waals surface area contributed by atoms with E-state index < -0.39 is 0 Å². The fourth-order valence-corrected chi connectivity index (χ4v) is 4.11. The highest BCUT2D eigenvalue weighted by Crippen LogP contribution is 2.33. The molecule has 88 valence electrons. The van der Waals surface area contributed by atoms with Crippen molar-refractivity contribution in [3.05, 3.63) is 0 Å². The molecule has 1 unspecified atom stereocenters. The summed E-state index contributed by atoms with van der Waals surface area (Å²) in [7, 11) is 0. The van der Waals surface area contributed by atoms with E-state index in [0.29, 0.717) is 6.61 Å². The van der Waals surface area contributed by atoms with Crippen LogP contribution in [0.3, 0.4) is 0 Å². The van der Waals surface area contributed by atoms with Crippen molar-refractivity contribution in [3.8, 4) is 0 Å². The summed E-state index contributed by atoms with van der Waals surface area (Å²) in [5.41, 5.74) is 0.0743. The quantitative estimate of drug-likeness (QED) is 0.776. The van der Waals surface area contributed by atoms with E-state index in [9.17, 15) is 5.11 Å². The molecule has 0 amide bonds. The molecule has 2 aliphatic heterocycles. The highest BCUT2D eigenvalue weighted by atomic mass is 32.2. The first-order valence-corrected chi connectivity index (χ1v) is 7.44. The largest absolute Gasteiger partial charge is 0.394 e. The summed E-state index contributed by atoms with van der Waals surface area (Å²) in [6.45, 7) is 1.43. The van der Waals surface area contributed by atoms with Gasteiger partial charge in [-0.3, -0.25) is 0 Å². The summed E-state index contributed by atoms with van der Waals surface area (Å²) in [6, 6.07) is 0. The molecule has 2 rings (SSSR count). The lowest BCUT2D eigenvalue weighted by molar-refractivity contribution is 0.104. The molecule has 2 N–H and O–H groups in total. The molecule has 2 saturated heterocycles. The molecular weight excluding hydrogens is 206 g/mol. The number of hydrogen-bond acceptors (Lipinski definition) is 3. The first-order chi connectivity index (χ1) is 7.35. The lowest BCUT2D eigenvalue weighted by atomic mass is 9.79. The Hall–Kier alpha value is 0.270. The molecule has 2 aliphatic rings. The molecule has 0 aliphatic carbocycles. The van der Waals surface area contributed by atoms with Gasteiger partial charge in [0.2, 0.25) is 0 Å². The maximum atomic E-state index is 9.60. The van der Waals surface area contributed by atoms with Gasteiger partial charge in [-0.2, -0.15) is 11.8 Å². The molecular formula is C12H23NOS. The molecule has 15 heavy (non-hydrogen) atoms. The minimum absolute atomic E-state index is 0.0743. The van der Waals surface area contributed by atoms with Crippen molar-refractivity contribution < 1.29 is 5.11 Å². The minimum Gasteiger partial charge on any atom is -0.394 e. The Kier molecular flexibility index (Phi) is 4.35. The SMILES string of the molecule is OCC1(CC2CCSCC2)CCCCN1. The van der Waals surface area contributed by atoms with Crippen molar-refractivity contribution in [3.63, 3.8) is 0 Å². The van der Waals surface area contributed by atoms with E-state index in [0.717, 1.165) is 12.5 Å². The number of rotatable bonds is 3. The molecule has 1 atom stereocenters.